The van der Waals surface area contributed by atoms with Crippen molar-refractivity contribution < 1.29 is 0 Å². The molecule has 0 amide bonds. The number of hydrogen-bond acceptors (Lipinski definition) is 5. The standard InChI is InChI=1S/C15H26N4S/c1-15(2,3)13-17-14(20-18-13)19-9-5-4-6-12(19)10-16-11-7-8-11/h11-12,16H,4-10H2,1-3H3. The van der Waals surface area contributed by atoms with Crippen LogP contribution in [0.4, 0.5) is 5.13 Å². The van der Waals surface area contributed by atoms with Crippen molar-refractivity contribution in [2.45, 2.75) is 70.4 Å². The van der Waals surface area contributed by atoms with E-state index in [1.54, 1.807) is 11.5 Å². The summed E-state index contributed by atoms with van der Waals surface area (Å²) in [5.41, 5.74) is 0.0479. The molecule has 1 N–H and O–H groups in total. The molecule has 1 saturated heterocycles. The molecule has 112 valence electrons. The zero-order chi connectivity index (χ0) is 14.2. The van der Waals surface area contributed by atoms with Gasteiger partial charge in [-0.3, -0.25) is 0 Å². The second-order valence-corrected chi connectivity index (χ2v) is 7.91. The Bertz CT molecular complexity index is 447. The lowest BCUT2D eigenvalue weighted by Crippen LogP contribution is -2.46. The molecular weight excluding hydrogens is 268 g/mol. The van der Waals surface area contributed by atoms with Gasteiger partial charge >= 0.3 is 0 Å². The molecule has 1 aliphatic carbocycles. The maximum absolute atomic E-state index is 4.80. The maximum atomic E-state index is 4.80. The van der Waals surface area contributed by atoms with Crippen LogP contribution in [0, 0.1) is 0 Å². The second-order valence-electron chi connectivity index (χ2n) is 7.18. The van der Waals surface area contributed by atoms with Gasteiger partial charge in [-0.05, 0) is 32.1 Å². The highest BCUT2D eigenvalue weighted by Gasteiger charge is 2.29. The number of piperidine rings is 1. The van der Waals surface area contributed by atoms with Crippen LogP contribution in [0.3, 0.4) is 0 Å². The summed E-state index contributed by atoms with van der Waals surface area (Å²) in [5.74, 6) is 0.983. The van der Waals surface area contributed by atoms with E-state index in [4.69, 9.17) is 4.98 Å². The highest BCUT2D eigenvalue weighted by molar-refractivity contribution is 7.09. The van der Waals surface area contributed by atoms with Crippen LogP contribution in [0.25, 0.3) is 0 Å². The second kappa shape index (κ2) is 5.60. The summed E-state index contributed by atoms with van der Waals surface area (Å²) in [4.78, 5) is 7.30. The first-order chi connectivity index (χ1) is 9.54. The molecular formula is C15H26N4S. The summed E-state index contributed by atoms with van der Waals surface area (Å²) in [5, 5.41) is 4.80. The van der Waals surface area contributed by atoms with Crippen molar-refractivity contribution >= 4 is 16.7 Å². The van der Waals surface area contributed by atoms with Gasteiger partial charge in [-0.1, -0.05) is 20.8 Å². The lowest BCUT2D eigenvalue weighted by molar-refractivity contribution is 0.433. The van der Waals surface area contributed by atoms with E-state index in [1.165, 1.54) is 32.1 Å². The Hall–Kier alpha value is -0.680. The Kier molecular flexibility index (Phi) is 4.00. The monoisotopic (exact) mass is 294 g/mol. The van der Waals surface area contributed by atoms with Crippen LogP contribution in [-0.2, 0) is 5.41 Å². The number of rotatable bonds is 4. The van der Waals surface area contributed by atoms with Crippen molar-refractivity contribution in [3.05, 3.63) is 5.82 Å². The van der Waals surface area contributed by atoms with E-state index < -0.39 is 0 Å². The number of hydrogen-bond donors (Lipinski definition) is 1. The number of aromatic nitrogens is 2. The highest BCUT2D eigenvalue weighted by Crippen LogP contribution is 2.30. The van der Waals surface area contributed by atoms with E-state index in [0.29, 0.717) is 6.04 Å². The van der Waals surface area contributed by atoms with Gasteiger partial charge in [-0.25, -0.2) is 4.98 Å². The summed E-state index contributed by atoms with van der Waals surface area (Å²) in [6.07, 6.45) is 6.63. The fourth-order valence-corrected chi connectivity index (χ4v) is 3.65. The summed E-state index contributed by atoms with van der Waals surface area (Å²) in [6, 6.07) is 1.39. The van der Waals surface area contributed by atoms with Gasteiger partial charge in [-0.2, -0.15) is 4.37 Å². The van der Waals surface area contributed by atoms with Gasteiger partial charge < -0.3 is 10.2 Å². The molecule has 20 heavy (non-hydrogen) atoms. The van der Waals surface area contributed by atoms with E-state index in [9.17, 15) is 0 Å². The van der Waals surface area contributed by atoms with Crippen molar-refractivity contribution in [3.8, 4) is 0 Å². The first-order valence-electron chi connectivity index (χ1n) is 7.88. The summed E-state index contributed by atoms with van der Waals surface area (Å²) >= 11 is 1.57. The van der Waals surface area contributed by atoms with E-state index in [1.807, 2.05) is 0 Å². The minimum Gasteiger partial charge on any atom is -0.343 e. The topological polar surface area (TPSA) is 41.1 Å². The van der Waals surface area contributed by atoms with E-state index in [0.717, 1.165) is 30.1 Å². The van der Waals surface area contributed by atoms with Gasteiger partial charge in [0.05, 0.1) is 0 Å². The average Bonchev–Trinajstić information content (AvgIpc) is 3.09. The molecule has 0 spiro atoms. The Labute approximate surface area is 126 Å². The molecule has 0 aromatic carbocycles. The molecule has 3 rings (SSSR count). The lowest BCUT2D eigenvalue weighted by atomic mass is 9.96. The van der Waals surface area contributed by atoms with Crippen LogP contribution in [0.15, 0.2) is 0 Å². The summed E-state index contributed by atoms with van der Waals surface area (Å²) in [6.45, 7) is 8.79. The minimum atomic E-state index is 0.0479. The number of nitrogens with one attached hydrogen (secondary N) is 1. The average molecular weight is 294 g/mol. The predicted octanol–water partition coefficient (Wildman–Crippen LogP) is 2.95. The van der Waals surface area contributed by atoms with Gasteiger partial charge in [0.25, 0.3) is 0 Å². The van der Waals surface area contributed by atoms with Gasteiger partial charge in [-0.15, -0.1) is 0 Å². The van der Waals surface area contributed by atoms with Crippen molar-refractivity contribution in [2.75, 3.05) is 18.0 Å². The maximum Gasteiger partial charge on any atom is 0.205 e. The SMILES string of the molecule is CC(C)(C)c1nsc(N2CCCCC2CNC2CC2)n1. The van der Waals surface area contributed by atoms with Gasteiger partial charge in [0.15, 0.2) is 0 Å². The van der Waals surface area contributed by atoms with Crippen LogP contribution in [0.2, 0.25) is 0 Å². The van der Waals surface area contributed by atoms with Crippen LogP contribution in [-0.4, -0.2) is 34.5 Å². The van der Waals surface area contributed by atoms with Crippen molar-refractivity contribution in [3.63, 3.8) is 0 Å². The van der Waals surface area contributed by atoms with Crippen LogP contribution in [0.1, 0.15) is 58.7 Å². The molecule has 0 bridgehead atoms. The molecule has 5 heteroatoms. The zero-order valence-electron chi connectivity index (χ0n) is 12.9. The fraction of sp³-hybridized carbons (Fsp3) is 0.867. The van der Waals surface area contributed by atoms with Crippen LogP contribution >= 0.6 is 11.5 Å². The van der Waals surface area contributed by atoms with Crippen LogP contribution in [0.5, 0.6) is 0 Å². The molecule has 2 aliphatic rings. The zero-order valence-corrected chi connectivity index (χ0v) is 13.7. The molecule has 1 aliphatic heterocycles. The smallest absolute Gasteiger partial charge is 0.205 e. The summed E-state index contributed by atoms with van der Waals surface area (Å²) in [7, 11) is 0. The molecule has 1 aromatic rings. The van der Waals surface area contributed by atoms with E-state index >= 15 is 0 Å². The Balaban J connectivity index is 1.69. The number of nitrogens with zero attached hydrogens (tertiary/aromatic N) is 3. The first-order valence-corrected chi connectivity index (χ1v) is 8.65. The third-order valence-electron chi connectivity index (χ3n) is 4.18. The molecule has 2 heterocycles. The lowest BCUT2D eigenvalue weighted by Gasteiger charge is -2.35. The largest absolute Gasteiger partial charge is 0.343 e. The quantitative estimate of drug-likeness (QED) is 0.927. The molecule has 1 aromatic heterocycles. The molecule has 4 nitrogen and oxygen atoms in total. The first kappa shape index (κ1) is 14.3. The third kappa shape index (κ3) is 3.31. The predicted molar refractivity (Wildman–Crippen MR) is 84.6 cm³/mol. The van der Waals surface area contributed by atoms with E-state index in [2.05, 4.69) is 35.4 Å². The minimum absolute atomic E-state index is 0.0479. The third-order valence-corrected chi connectivity index (χ3v) is 4.93. The Morgan fingerprint density at radius 3 is 2.70 bits per heavy atom. The van der Waals surface area contributed by atoms with Gasteiger partial charge in [0.1, 0.15) is 5.82 Å². The molecule has 1 unspecified atom stereocenters. The van der Waals surface area contributed by atoms with Crippen molar-refractivity contribution in [1.82, 2.24) is 14.7 Å². The van der Waals surface area contributed by atoms with Crippen molar-refractivity contribution in [1.29, 1.82) is 0 Å². The Morgan fingerprint density at radius 1 is 1.25 bits per heavy atom. The molecule has 2 fully saturated rings. The van der Waals surface area contributed by atoms with Gasteiger partial charge in [0.2, 0.25) is 5.13 Å². The molecule has 1 atom stereocenters. The normalized spacial score (nSPS) is 24.1. The fourth-order valence-electron chi connectivity index (χ4n) is 2.69. The number of anilines is 1. The molecule has 0 radical (unpaired) electrons. The van der Waals surface area contributed by atoms with E-state index in [-0.39, 0.29) is 5.41 Å². The van der Waals surface area contributed by atoms with Crippen LogP contribution < -0.4 is 10.2 Å². The van der Waals surface area contributed by atoms with Crippen molar-refractivity contribution in [2.24, 2.45) is 0 Å². The molecule has 1 saturated carbocycles. The highest BCUT2D eigenvalue weighted by atomic mass is 32.1. The van der Waals surface area contributed by atoms with Gasteiger partial charge in [0, 0.05) is 42.1 Å². The Morgan fingerprint density at radius 2 is 2.05 bits per heavy atom. The summed E-state index contributed by atoms with van der Waals surface area (Å²) < 4.78 is 4.57.